The maximum absolute atomic E-state index is 12.9. The van der Waals surface area contributed by atoms with Crippen LogP contribution in [-0.4, -0.2) is 31.8 Å². The number of nitrogens with one attached hydrogen (secondary N) is 3. The third-order valence-corrected chi connectivity index (χ3v) is 5.25. The number of amides is 3. The molecule has 7 nitrogen and oxygen atoms in total. The third kappa shape index (κ3) is 4.66. The molecule has 0 bridgehead atoms. The average molecular weight is 416 g/mol. The minimum atomic E-state index is -0.506. The molecule has 1 aliphatic rings. The zero-order valence-corrected chi connectivity index (χ0v) is 17.4. The molecule has 7 heteroatoms. The van der Waals surface area contributed by atoms with Crippen LogP contribution in [0.1, 0.15) is 33.6 Å². The Bertz CT molecular complexity index is 1170. The van der Waals surface area contributed by atoms with Crippen molar-refractivity contribution >= 4 is 39.9 Å². The Morgan fingerprint density at radius 3 is 2.19 bits per heavy atom. The number of benzene rings is 3. The predicted octanol–water partition coefficient (Wildman–Crippen LogP) is 3.33. The number of carbonyl (C=O) groups is 3. The van der Waals surface area contributed by atoms with E-state index in [0.717, 1.165) is 29.3 Å². The summed E-state index contributed by atoms with van der Waals surface area (Å²) in [5, 5.41) is 4.64. The number of hydrogen-bond donors (Lipinski definition) is 3. The molecule has 31 heavy (non-hydrogen) atoms. The summed E-state index contributed by atoms with van der Waals surface area (Å²) in [6.07, 6.45) is 1.73. The highest BCUT2D eigenvalue weighted by Crippen LogP contribution is 2.32. The summed E-state index contributed by atoms with van der Waals surface area (Å²) in [4.78, 5) is 39.6. The summed E-state index contributed by atoms with van der Waals surface area (Å²) >= 11 is 0. The Morgan fingerprint density at radius 1 is 0.839 bits per heavy atom. The molecule has 3 amide bonds. The summed E-state index contributed by atoms with van der Waals surface area (Å²) < 4.78 is 0. The van der Waals surface area contributed by atoms with E-state index in [1.165, 1.54) is 0 Å². The van der Waals surface area contributed by atoms with Gasteiger partial charge in [-0.2, -0.15) is 0 Å². The van der Waals surface area contributed by atoms with Crippen molar-refractivity contribution in [3.63, 3.8) is 0 Å². The highest BCUT2D eigenvalue weighted by Gasteiger charge is 2.30. The van der Waals surface area contributed by atoms with Gasteiger partial charge in [-0.1, -0.05) is 30.3 Å². The number of carbonyl (C=O) groups excluding carboxylic acids is 3. The summed E-state index contributed by atoms with van der Waals surface area (Å²) in [6.45, 7) is 0. The first-order valence-corrected chi connectivity index (χ1v) is 10.1. The maximum atomic E-state index is 12.9. The van der Waals surface area contributed by atoms with Crippen LogP contribution in [0.5, 0.6) is 0 Å². The van der Waals surface area contributed by atoms with Gasteiger partial charge in [0.15, 0.2) is 0 Å². The Labute approximate surface area is 180 Å². The summed E-state index contributed by atoms with van der Waals surface area (Å²) in [5.74, 6) is -1.02. The molecule has 3 N–H and O–H groups in total. The van der Waals surface area contributed by atoms with Gasteiger partial charge >= 0.3 is 0 Å². The Morgan fingerprint density at radius 2 is 1.52 bits per heavy atom. The van der Waals surface area contributed by atoms with Crippen molar-refractivity contribution in [3.8, 4) is 0 Å². The molecule has 158 valence electrons. The molecular weight excluding hydrogens is 392 g/mol. The normalized spacial score (nSPS) is 12.8. The van der Waals surface area contributed by atoms with Crippen molar-refractivity contribution in [2.45, 2.75) is 12.8 Å². The van der Waals surface area contributed by atoms with Gasteiger partial charge < -0.3 is 10.2 Å². The molecule has 0 saturated heterocycles. The predicted molar refractivity (Wildman–Crippen MR) is 121 cm³/mol. The van der Waals surface area contributed by atoms with Crippen LogP contribution in [0.3, 0.4) is 0 Å². The molecule has 1 aliphatic carbocycles. The highest BCUT2D eigenvalue weighted by molar-refractivity contribution is 6.09. The smallest absolute Gasteiger partial charge is 0.271 e. The van der Waals surface area contributed by atoms with Gasteiger partial charge in [0.2, 0.25) is 5.91 Å². The Hall–Kier alpha value is -3.87. The van der Waals surface area contributed by atoms with Gasteiger partial charge in [0.25, 0.3) is 11.8 Å². The fourth-order valence-electron chi connectivity index (χ4n) is 3.29. The van der Waals surface area contributed by atoms with E-state index in [2.05, 4.69) is 16.2 Å². The maximum Gasteiger partial charge on any atom is 0.271 e. The Balaban J connectivity index is 1.54. The molecule has 1 saturated carbocycles. The number of nitrogens with zero attached hydrogens (tertiary/aromatic N) is 1. The van der Waals surface area contributed by atoms with Gasteiger partial charge in [-0.05, 0) is 53.9 Å². The second-order valence-corrected chi connectivity index (χ2v) is 7.86. The van der Waals surface area contributed by atoms with Crippen LogP contribution in [0, 0.1) is 5.92 Å². The van der Waals surface area contributed by atoms with Gasteiger partial charge in [-0.3, -0.25) is 25.2 Å². The first-order valence-electron chi connectivity index (χ1n) is 10.1. The molecule has 0 atom stereocenters. The molecular formula is C24H24N4O3. The Kier molecular flexibility index (Phi) is 5.58. The number of fused-ring (bicyclic) bond motifs is 1. The summed E-state index contributed by atoms with van der Waals surface area (Å²) in [5.41, 5.74) is 6.93. The molecule has 0 aliphatic heterocycles. The molecule has 0 unspecified atom stereocenters. The van der Waals surface area contributed by atoms with E-state index in [9.17, 15) is 14.4 Å². The SMILES string of the molecule is CN(C)c1cccc(C(=O)NNC(=O)c2cc3ccccc3cc2NC(=O)C2CC2)c1. The van der Waals surface area contributed by atoms with Crippen molar-refractivity contribution in [3.05, 3.63) is 71.8 Å². The van der Waals surface area contributed by atoms with E-state index >= 15 is 0 Å². The molecule has 4 rings (SSSR count). The molecule has 0 radical (unpaired) electrons. The van der Waals surface area contributed by atoms with Crippen LogP contribution >= 0.6 is 0 Å². The average Bonchev–Trinajstić information content (AvgIpc) is 3.62. The highest BCUT2D eigenvalue weighted by atomic mass is 16.2. The van der Waals surface area contributed by atoms with Crippen LogP contribution < -0.4 is 21.1 Å². The van der Waals surface area contributed by atoms with Crippen LogP contribution in [-0.2, 0) is 4.79 Å². The van der Waals surface area contributed by atoms with Gasteiger partial charge in [0.1, 0.15) is 0 Å². The molecule has 0 heterocycles. The largest absolute Gasteiger partial charge is 0.378 e. The number of rotatable bonds is 5. The van der Waals surface area contributed by atoms with Crippen molar-refractivity contribution < 1.29 is 14.4 Å². The fraction of sp³-hybridized carbons (Fsp3) is 0.208. The van der Waals surface area contributed by atoms with Crippen LogP contribution in [0.4, 0.5) is 11.4 Å². The summed E-state index contributed by atoms with van der Waals surface area (Å²) in [6, 6.07) is 18.2. The first-order chi connectivity index (χ1) is 14.9. The zero-order valence-electron chi connectivity index (χ0n) is 17.4. The third-order valence-electron chi connectivity index (χ3n) is 5.25. The topological polar surface area (TPSA) is 90.5 Å². The van der Waals surface area contributed by atoms with E-state index in [4.69, 9.17) is 0 Å². The van der Waals surface area contributed by atoms with E-state index < -0.39 is 11.8 Å². The number of anilines is 2. The fourth-order valence-corrected chi connectivity index (χ4v) is 3.29. The van der Waals surface area contributed by atoms with E-state index in [1.807, 2.05) is 49.3 Å². The second kappa shape index (κ2) is 8.47. The molecule has 0 spiro atoms. The lowest BCUT2D eigenvalue weighted by atomic mass is 10.0. The molecule has 0 aromatic heterocycles. The lowest BCUT2D eigenvalue weighted by Crippen LogP contribution is -2.42. The molecule has 3 aromatic rings. The van der Waals surface area contributed by atoms with Crippen molar-refractivity contribution in [2.24, 2.45) is 5.92 Å². The lowest BCUT2D eigenvalue weighted by molar-refractivity contribution is -0.117. The monoisotopic (exact) mass is 416 g/mol. The van der Waals surface area contributed by atoms with Crippen LogP contribution in [0.2, 0.25) is 0 Å². The first kappa shape index (κ1) is 20.4. The molecule has 1 fully saturated rings. The van der Waals surface area contributed by atoms with Crippen molar-refractivity contribution in [2.75, 3.05) is 24.3 Å². The van der Waals surface area contributed by atoms with E-state index in [-0.39, 0.29) is 17.4 Å². The quantitative estimate of drug-likeness (QED) is 0.557. The summed E-state index contributed by atoms with van der Waals surface area (Å²) in [7, 11) is 3.77. The molecule has 3 aromatic carbocycles. The number of hydrazine groups is 1. The zero-order chi connectivity index (χ0) is 22.0. The van der Waals surface area contributed by atoms with Crippen LogP contribution in [0.15, 0.2) is 60.7 Å². The van der Waals surface area contributed by atoms with Gasteiger partial charge in [-0.15, -0.1) is 0 Å². The van der Waals surface area contributed by atoms with Crippen LogP contribution in [0.25, 0.3) is 10.8 Å². The second-order valence-electron chi connectivity index (χ2n) is 7.86. The van der Waals surface area contributed by atoms with Gasteiger partial charge in [0, 0.05) is 31.3 Å². The minimum absolute atomic E-state index is 0.00561. The van der Waals surface area contributed by atoms with Crippen molar-refractivity contribution in [1.82, 2.24) is 10.9 Å². The van der Waals surface area contributed by atoms with E-state index in [1.54, 1.807) is 30.3 Å². The standard InChI is InChI=1S/C24H24N4O3/c1-28(2)19-9-5-8-18(12-19)23(30)26-27-24(31)20-13-16-6-3-4-7-17(16)14-21(20)25-22(29)15-10-11-15/h3-9,12-15H,10-11H2,1-2H3,(H,25,29)(H,26,30)(H,27,31). The van der Waals surface area contributed by atoms with Crippen molar-refractivity contribution in [1.29, 1.82) is 0 Å². The lowest BCUT2D eigenvalue weighted by Gasteiger charge is -2.15. The van der Waals surface area contributed by atoms with Gasteiger partial charge in [0.05, 0.1) is 11.3 Å². The van der Waals surface area contributed by atoms with E-state index in [0.29, 0.717) is 11.3 Å². The van der Waals surface area contributed by atoms with Gasteiger partial charge in [-0.25, -0.2) is 0 Å². The number of hydrogen-bond acceptors (Lipinski definition) is 4. The minimum Gasteiger partial charge on any atom is -0.378 e.